The summed E-state index contributed by atoms with van der Waals surface area (Å²) >= 11 is 0. The van der Waals surface area contributed by atoms with Crippen LogP contribution in [-0.4, -0.2) is 124 Å². The third kappa shape index (κ3) is 6.02. The van der Waals surface area contributed by atoms with Crippen LogP contribution >= 0.6 is 0 Å². The normalized spacial score (nSPS) is 42.7. The lowest BCUT2D eigenvalue weighted by atomic mass is 9.95. The molecule has 8 N–H and O–H groups in total. The van der Waals surface area contributed by atoms with Crippen LogP contribution in [0.1, 0.15) is 6.92 Å². The molecular formula is C14H25NO14S. The van der Waals surface area contributed by atoms with Crippen LogP contribution in [0.15, 0.2) is 0 Å². The molecule has 0 aromatic carbocycles. The van der Waals surface area contributed by atoms with E-state index >= 15 is 0 Å². The highest BCUT2D eigenvalue weighted by molar-refractivity contribution is 7.80. The summed E-state index contributed by atoms with van der Waals surface area (Å²) in [5.74, 6) is -0.654. The van der Waals surface area contributed by atoms with Crippen LogP contribution in [0, 0.1) is 0 Å². The minimum atomic E-state index is -4.91. The van der Waals surface area contributed by atoms with Crippen LogP contribution in [0.25, 0.3) is 0 Å². The highest BCUT2D eigenvalue weighted by Gasteiger charge is 2.51. The second kappa shape index (κ2) is 10.1. The van der Waals surface area contributed by atoms with Crippen molar-refractivity contribution in [3.05, 3.63) is 0 Å². The number of carbonyl (C=O) groups is 1. The molecule has 2 fully saturated rings. The Morgan fingerprint density at radius 1 is 1.00 bits per heavy atom. The molecule has 0 aromatic rings. The topological polar surface area (TPSA) is 242 Å². The van der Waals surface area contributed by atoms with Crippen LogP contribution in [0.2, 0.25) is 0 Å². The maximum Gasteiger partial charge on any atom is 0.397 e. The van der Waals surface area contributed by atoms with Gasteiger partial charge in [0.1, 0.15) is 48.8 Å². The Hall–Kier alpha value is -1.02. The van der Waals surface area contributed by atoms with Crippen molar-refractivity contribution in [1.82, 2.24) is 5.32 Å². The van der Waals surface area contributed by atoms with E-state index in [1.807, 2.05) is 0 Å². The number of carbonyl (C=O) groups excluding carboxylic acids is 1. The van der Waals surface area contributed by atoms with Crippen molar-refractivity contribution in [1.29, 1.82) is 0 Å². The molecule has 0 unspecified atom stereocenters. The second-order valence-electron chi connectivity index (χ2n) is 6.79. The first-order chi connectivity index (χ1) is 13.9. The predicted molar refractivity (Wildman–Crippen MR) is 90.6 cm³/mol. The molecule has 0 bridgehead atoms. The van der Waals surface area contributed by atoms with E-state index in [9.17, 15) is 43.9 Å². The quantitative estimate of drug-likeness (QED) is 0.164. The molecule has 2 aliphatic rings. The monoisotopic (exact) mass is 463 g/mol. The lowest BCUT2D eigenvalue weighted by Crippen LogP contribution is -2.67. The van der Waals surface area contributed by atoms with E-state index in [1.54, 1.807) is 0 Å². The summed E-state index contributed by atoms with van der Waals surface area (Å²) in [5.41, 5.74) is 0. The van der Waals surface area contributed by atoms with Crippen molar-refractivity contribution in [3.8, 4) is 0 Å². The van der Waals surface area contributed by atoms with E-state index < -0.39 is 90.9 Å². The summed E-state index contributed by atoms with van der Waals surface area (Å²) in [4.78, 5) is 11.4. The standard InChI is InChI=1S/C14H25NO14S/c1-4(17)15-7-10(20)8(18)5(2-16)28-14(7)29-12-9(19)6(3-26-30(23,24)25)27-13(22)11(12)21/h5-14,16,18-22H,2-3H2,1H3,(H,15,17)(H,23,24,25)/t5-,6-,7-,8-,9+,10-,11-,12+,13-,14+/m1/s1. The third-order valence-electron chi connectivity index (χ3n) is 4.58. The van der Waals surface area contributed by atoms with E-state index in [0.717, 1.165) is 6.92 Å². The molecule has 16 heteroatoms. The molecule has 2 saturated heterocycles. The number of hydrogen-bond acceptors (Lipinski definition) is 13. The van der Waals surface area contributed by atoms with Crippen LogP contribution in [0.4, 0.5) is 0 Å². The minimum absolute atomic E-state index is 0.654. The van der Waals surface area contributed by atoms with Gasteiger partial charge in [0.15, 0.2) is 12.6 Å². The fourth-order valence-corrected chi connectivity index (χ4v) is 3.42. The summed E-state index contributed by atoms with van der Waals surface area (Å²) in [5, 5.41) is 62.1. The maximum absolute atomic E-state index is 11.4. The number of rotatable bonds is 7. The summed E-state index contributed by atoms with van der Waals surface area (Å²) in [6, 6.07) is -1.41. The Morgan fingerprint density at radius 3 is 2.17 bits per heavy atom. The van der Waals surface area contributed by atoms with E-state index in [2.05, 4.69) is 9.50 Å². The summed E-state index contributed by atoms with van der Waals surface area (Å²) in [6.45, 7) is -0.610. The van der Waals surface area contributed by atoms with Gasteiger partial charge in [0.05, 0.1) is 13.2 Å². The average Bonchev–Trinajstić information content (AvgIpc) is 2.65. The van der Waals surface area contributed by atoms with Crippen molar-refractivity contribution in [2.75, 3.05) is 13.2 Å². The molecule has 0 aliphatic carbocycles. The van der Waals surface area contributed by atoms with E-state index in [0.29, 0.717) is 0 Å². The molecule has 0 spiro atoms. The average molecular weight is 463 g/mol. The first-order valence-electron chi connectivity index (χ1n) is 8.72. The molecule has 10 atom stereocenters. The first kappa shape index (κ1) is 25.2. The van der Waals surface area contributed by atoms with Crippen molar-refractivity contribution < 1.29 is 66.8 Å². The fraction of sp³-hybridized carbons (Fsp3) is 0.929. The van der Waals surface area contributed by atoms with Gasteiger partial charge in [0.2, 0.25) is 5.91 Å². The van der Waals surface area contributed by atoms with Gasteiger partial charge in [0, 0.05) is 6.92 Å². The molecule has 1 amide bonds. The molecule has 15 nitrogen and oxygen atoms in total. The van der Waals surface area contributed by atoms with Gasteiger partial charge >= 0.3 is 10.4 Å². The highest BCUT2D eigenvalue weighted by atomic mass is 32.3. The summed E-state index contributed by atoms with van der Waals surface area (Å²) < 4.78 is 49.8. The van der Waals surface area contributed by atoms with Crippen LogP contribution in [0.3, 0.4) is 0 Å². The molecule has 0 aromatic heterocycles. The second-order valence-corrected chi connectivity index (χ2v) is 7.88. The first-order valence-corrected chi connectivity index (χ1v) is 10.1. The lowest BCUT2D eigenvalue weighted by Gasteiger charge is -2.46. The van der Waals surface area contributed by atoms with Crippen LogP contribution in [-0.2, 0) is 33.6 Å². The van der Waals surface area contributed by atoms with Gasteiger partial charge in [-0.25, -0.2) is 4.18 Å². The summed E-state index contributed by atoms with van der Waals surface area (Å²) in [6.07, 6.45) is -15.3. The highest BCUT2D eigenvalue weighted by Crippen LogP contribution is 2.29. The van der Waals surface area contributed by atoms with Gasteiger partial charge in [-0.05, 0) is 0 Å². The van der Waals surface area contributed by atoms with Gasteiger partial charge in [-0.2, -0.15) is 8.42 Å². The smallest absolute Gasteiger partial charge is 0.394 e. The van der Waals surface area contributed by atoms with Gasteiger partial charge in [-0.1, -0.05) is 0 Å². The molecule has 2 rings (SSSR count). The van der Waals surface area contributed by atoms with Crippen molar-refractivity contribution in [2.45, 2.75) is 68.3 Å². The number of amides is 1. The Morgan fingerprint density at radius 2 is 1.63 bits per heavy atom. The molecule has 2 heterocycles. The van der Waals surface area contributed by atoms with Crippen molar-refractivity contribution >= 4 is 16.3 Å². The largest absolute Gasteiger partial charge is 0.397 e. The molecule has 30 heavy (non-hydrogen) atoms. The van der Waals surface area contributed by atoms with E-state index in [4.69, 9.17) is 18.8 Å². The summed E-state index contributed by atoms with van der Waals surface area (Å²) in [7, 11) is -4.91. The Labute approximate surface area is 170 Å². The number of ether oxygens (including phenoxy) is 3. The molecule has 0 saturated carbocycles. The third-order valence-corrected chi connectivity index (χ3v) is 5.02. The maximum atomic E-state index is 11.4. The Balaban J connectivity index is 2.22. The molecule has 2 aliphatic heterocycles. The molecule has 176 valence electrons. The molecular weight excluding hydrogens is 438 g/mol. The van der Waals surface area contributed by atoms with E-state index in [1.165, 1.54) is 0 Å². The van der Waals surface area contributed by atoms with Crippen molar-refractivity contribution in [3.63, 3.8) is 0 Å². The molecule has 0 radical (unpaired) electrons. The zero-order valence-corrected chi connectivity index (χ0v) is 16.4. The number of aliphatic hydroxyl groups is 6. The Kier molecular flexibility index (Phi) is 8.47. The Bertz CT molecular complexity index is 690. The zero-order chi connectivity index (χ0) is 22.8. The van der Waals surface area contributed by atoms with Gasteiger partial charge in [-0.3, -0.25) is 9.35 Å². The van der Waals surface area contributed by atoms with E-state index in [-0.39, 0.29) is 0 Å². The minimum Gasteiger partial charge on any atom is -0.394 e. The fourth-order valence-electron chi connectivity index (χ4n) is 3.11. The number of aliphatic hydroxyl groups excluding tert-OH is 6. The van der Waals surface area contributed by atoms with Gasteiger partial charge in [-0.15, -0.1) is 0 Å². The number of nitrogens with one attached hydrogen (secondary N) is 1. The zero-order valence-electron chi connectivity index (χ0n) is 15.6. The van der Waals surface area contributed by atoms with Gasteiger partial charge in [0.25, 0.3) is 0 Å². The van der Waals surface area contributed by atoms with Crippen LogP contribution < -0.4 is 5.32 Å². The van der Waals surface area contributed by atoms with Crippen LogP contribution in [0.5, 0.6) is 0 Å². The van der Waals surface area contributed by atoms with Gasteiger partial charge < -0.3 is 50.2 Å². The predicted octanol–water partition coefficient (Wildman–Crippen LogP) is -5.43. The lowest BCUT2D eigenvalue weighted by molar-refractivity contribution is -0.341. The SMILES string of the molecule is CC(=O)N[C@H]1[C@H](O[C@@H]2[C@@H](O)[C@H](O)O[C@H](COS(=O)(=O)O)[C@@H]2O)O[C@H](CO)[C@@H](O)[C@@H]1O. The van der Waals surface area contributed by atoms with Crippen molar-refractivity contribution in [2.24, 2.45) is 0 Å². The number of hydrogen-bond donors (Lipinski definition) is 8.